The number of ether oxygens (including phenoxy) is 1. The van der Waals surface area contributed by atoms with E-state index in [-0.39, 0.29) is 30.0 Å². The smallest absolute Gasteiger partial charge is 0.228 e. The predicted octanol–water partition coefficient (Wildman–Crippen LogP) is 5.87. The van der Waals surface area contributed by atoms with Crippen molar-refractivity contribution < 1.29 is 19.0 Å². The van der Waals surface area contributed by atoms with Crippen LogP contribution in [0.5, 0.6) is 11.5 Å². The van der Waals surface area contributed by atoms with E-state index in [4.69, 9.17) is 4.74 Å². The summed E-state index contributed by atoms with van der Waals surface area (Å²) in [7, 11) is 0. The first-order chi connectivity index (χ1) is 19.5. The quantitative estimate of drug-likeness (QED) is 0.259. The van der Waals surface area contributed by atoms with Gasteiger partial charge >= 0.3 is 0 Å². The van der Waals surface area contributed by atoms with Crippen LogP contribution in [0.1, 0.15) is 43.2 Å². The molecule has 2 N–H and O–H groups in total. The minimum atomic E-state index is -0.542. The van der Waals surface area contributed by atoms with Crippen LogP contribution in [0.2, 0.25) is 0 Å². The third-order valence-electron chi connectivity index (χ3n) is 6.64. The summed E-state index contributed by atoms with van der Waals surface area (Å²) < 4.78 is 23.1. The number of benzene rings is 2. The molecule has 5 aromatic rings. The van der Waals surface area contributed by atoms with Crippen molar-refractivity contribution in [3.05, 3.63) is 89.3 Å². The average Bonchev–Trinajstić information content (AvgIpc) is 3.40. The number of aromatic nitrogens is 5. The van der Waals surface area contributed by atoms with Crippen molar-refractivity contribution in [3.8, 4) is 22.8 Å². The van der Waals surface area contributed by atoms with E-state index in [1.54, 1.807) is 48.4 Å². The summed E-state index contributed by atoms with van der Waals surface area (Å²) in [5.74, 6) is -0.0545. The Labute approximate surface area is 237 Å². The topological polar surface area (TPSA) is 115 Å². The van der Waals surface area contributed by atoms with Crippen LogP contribution < -0.4 is 10.1 Å². The maximum absolute atomic E-state index is 15.2. The van der Waals surface area contributed by atoms with Crippen molar-refractivity contribution >= 4 is 22.5 Å². The molecule has 5 rings (SSSR count). The van der Waals surface area contributed by atoms with E-state index in [0.717, 1.165) is 16.5 Å². The van der Waals surface area contributed by atoms with Gasteiger partial charge in [0.05, 0.1) is 47.4 Å². The van der Waals surface area contributed by atoms with Crippen molar-refractivity contribution in [1.82, 2.24) is 25.0 Å². The molecule has 0 aliphatic rings. The van der Waals surface area contributed by atoms with Crippen LogP contribution in [0.25, 0.3) is 22.2 Å². The Hall–Kier alpha value is -4.70. The number of nitrogens with zero attached hydrogens (tertiary/aromatic N) is 5. The van der Waals surface area contributed by atoms with Crippen LogP contribution in [-0.2, 0) is 23.4 Å². The number of aliphatic hydroxyl groups is 1. The van der Waals surface area contributed by atoms with Gasteiger partial charge < -0.3 is 15.2 Å². The summed E-state index contributed by atoms with van der Waals surface area (Å²) >= 11 is 0. The number of nitrogens with one attached hydrogen (secondary N) is 1. The number of carbonyl (C=O) groups is 1. The lowest BCUT2D eigenvalue weighted by Crippen LogP contribution is -2.22. The monoisotopic (exact) mass is 554 g/mol. The van der Waals surface area contributed by atoms with Gasteiger partial charge in [0.25, 0.3) is 0 Å². The van der Waals surface area contributed by atoms with Crippen molar-refractivity contribution in [2.45, 2.75) is 53.2 Å². The molecular weight excluding hydrogens is 523 g/mol. The first-order valence-electron chi connectivity index (χ1n) is 13.2. The zero-order chi connectivity index (χ0) is 29.3. The minimum Gasteiger partial charge on any atom is -0.456 e. The number of amides is 1. The van der Waals surface area contributed by atoms with Crippen LogP contribution in [0.4, 0.5) is 10.1 Å². The normalized spacial score (nSPS) is 11.6. The Morgan fingerprint density at radius 1 is 1.05 bits per heavy atom. The Morgan fingerprint density at radius 2 is 1.85 bits per heavy atom. The number of carbonyl (C=O) groups excluding carboxylic acids is 1. The summed E-state index contributed by atoms with van der Waals surface area (Å²) in [6.07, 6.45) is 4.82. The van der Waals surface area contributed by atoms with Crippen molar-refractivity contribution in [1.29, 1.82) is 0 Å². The fourth-order valence-electron chi connectivity index (χ4n) is 4.48. The van der Waals surface area contributed by atoms with E-state index in [1.807, 2.05) is 45.9 Å². The highest BCUT2D eigenvalue weighted by Crippen LogP contribution is 2.34. The Kier molecular flexibility index (Phi) is 7.51. The van der Waals surface area contributed by atoms with E-state index in [9.17, 15) is 9.90 Å². The molecule has 2 aromatic carbocycles. The molecule has 0 bridgehead atoms. The molecule has 0 aliphatic heterocycles. The van der Waals surface area contributed by atoms with Crippen LogP contribution >= 0.6 is 0 Å². The van der Waals surface area contributed by atoms with Crippen LogP contribution in [-0.4, -0.2) is 36.0 Å². The molecule has 1 amide bonds. The lowest BCUT2D eigenvalue weighted by atomic mass is 10.0. The molecule has 10 heteroatoms. The molecule has 0 aliphatic carbocycles. The van der Waals surface area contributed by atoms with Gasteiger partial charge in [0, 0.05) is 29.4 Å². The number of aryl methyl sites for hydroxylation is 2. The Bertz CT molecular complexity index is 1760. The van der Waals surface area contributed by atoms with Crippen molar-refractivity contribution in [2.24, 2.45) is 0 Å². The van der Waals surface area contributed by atoms with E-state index in [2.05, 4.69) is 25.6 Å². The highest BCUT2D eigenvalue weighted by Gasteiger charge is 2.17. The lowest BCUT2D eigenvalue weighted by molar-refractivity contribution is -0.115. The fourth-order valence-corrected chi connectivity index (χ4v) is 4.48. The highest BCUT2D eigenvalue weighted by molar-refractivity contribution is 5.92. The molecule has 3 heterocycles. The zero-order valence-corrected chi connectivity index (χ0v) is 23.6. The molecule has 3 aromatic heterocycles. The molecule has 0 saturated carbocycles. The van der Waals surface area contributed by atoms with Gasteiger partial charge in [-0.25, -0.2) is 4.39 Å². The first-order valence-corrected chi connectivity index (χ1v) is 13.2. The molecule has 210 valence electrons. The molecular formula is C31H31FN6O3. The summed E-state index contributed by atoms with van der Waals surface area (Å²) in [6.45, 7) is 9.55. The molecule has 41 heavy (non-hydrogen) atoms. The SMILES string of the molecule is Cc1cc(CC(=O)Nc2cnn(C(C)(C)C)c2)c(F)cc1Oc1ccnc2ccc(-c3nnc(CO)cc3C)cc12. The van der Waals surface area contributed by atoms with Gasteiger partial charge in [-0.3, -0.25) is 14.5 Å². The maximum atomic E-state index is 15.2. The van der Waals surface area contributed by atoms with Gasteiger partial charge in [0.15, 0.2) is 0 Å². The number of aliphatic hydroxyl groups excluding tert-OH is 1. The lowest BCUT2D eigenvalue weighted by Gasteiger charge is -2.18. The van der Waals surface area contributed by atoms with Gasteiger partial charge in [-0.15, -0.1) is 5.10 Å². The minimum absolute atomic E-state index is 0.134. The molecule has 0 saturated heterocycles. The van der Waals surface area contributed by atoms with Crippen molar-refractivity contribution in [3.63, 3.8) is 0 Å². The molecule has 0 spiro atoms. The zero-order valence-electron chi connectivity index (χ0n) is 23.6. The van der Waals surface area contributed by atoms with Crippen LogP contribution in [0.15, 0.2) is 61.1 Å². The molecule has 9 nitrogen and oxygen atoms in total. The van der Waals surface area contributed by atoms with Gasteiger partial charge in [-0.1, -0.05) is 6.07 Å². The number of pyridine rings is 1. The second kappa shape index (κ2) is 11.1. The number of halogens is 1. The van der Waals surface area contributed by atoms with Gasteiger partial charge in [-0.05, 0) is 81.6 Å². The molecule has 0 fully saturated rings. The number of hydrogen-bond acceptors (Lipinski definition) is 7. The summed E-state index contributed by atoms with van der Waals surface area (Å²) in [5.41, 5.74) is 4.82. The molecule has 0 unspecified atom stereocenters. The number of anilines is 1. The average molecular weight is 555 g/mol. The van der Waals surface area contributed by atoms with Gasteiger partial charge in [0.2, 0.25) is 5.91 Å². The predicted molar refractivity (Wildman–Crippen MR) is 154 cm³/mol. The Balaban J connectivity index is 1.37. The van der Waals surface area contributed by atoms with E-state index in [1.165, 1.54) is 6.07 Å². The first kappa shape index (κ1) is 27.9. The van der Waals surface area contributed by atoms with Crippen LogP contribution in [0.3, 0.4) is 0 Å². The Morgan fingerprint density at radius 3 is 2.56 bits per heavy atom. The molecule has 0 radical (unpaired) electrons. The van der Waals surface area contributed by atoms with Crippen molar-refractivity contribution in [2.75, 3.05) is 5.32 Å². The maximum Gasteiger partial charge on any atom is 0.228 e. The number of hydrogen-bond donors (Lipinski definition) is 2. The van der Waals surface area contributed by atoms with Gasteiger partial charge in [0.1, 0.15) is 17.3 Å². The third kappa shape index (κ3) is 6.07. The largest absolute Gasteiger partial charge is 0.456 e. The molecule has 0 atom stereocenters. The standard InChI is InChI=1S/C31H31FN6O3/c1-18-10-21(13-29(40)35-23-15-34-38(16-23)31(3,4)5)25(32)14-28(18)41-27-8-9-33-26-7-6-20(12-24(26)27)30-19(2)11-22(17-39)36-37-30/h6-12,14-16,39H,13,17H2,1-5H3,(H,35,40). The summed E-state index contributed by atoms with van der Waals surface area (Å²) in [6, 6.07) is 12.1. The van der Waals surface area contributed by atoms with Gasteiger partial charge in [-0.2, -0.15) is 10.2 Å². The van der Waals surface area contributed by atoms with E-state index >= 15 is 4.39 Å². The summed E-state index contributed by atoms with van der Waals surface area (Å²) in [5, 5.41) is 25.5. The van der Waals surface area contributed by atoms with E-state index in [0.29, 0.717) is 39.7 Å². The number of rotatable bonds is 7. The fraction of sp³-hybridized carbons (Fsp3) is 0.258. The van der Waals surface area contributed by atoms with E-state index < -0.39 is 5.82 Å². The third-order valence-corrected chi connectivity index (χ3v) is 6.64. The van der Waals surface area contributed by atoms with Crippen LogP contribution in [0, 0.1) is 19.7 Å². The number of fused-ring (bicyclic) bond motifs is 1. The second-order valence-corrected chi connectivity index (χ2v) is 10.9. The summed E-state index contributed by atoms with van der Waals surface area (Å²) in [4.78, 5) is 17.1. The second-order valence-electron chi connectivity index (χ2n) is 10.9. The highest BCUT2D eigenvalue weighted by atomic mass is 19.1.